The fourth-order valence-corrected chi connectivity index (χ4v) is 2.59. The number of hydrogen-bond donors (Lipinski definition) is 1. The van der Waals surface area contributed by atoms with E-state index in [-0.39, 0.29) is 5.97 Å². The van der Waals surface area contributed by atoms with Gasteiger partial charge < -0.3 is 14.8 Å². The van der Waals surface area contributed by atoms with Crippen LogP contribution in [-0.2, 0) is 14.3 Å². The Morgan fingerprint density at radius 1 is 1.35 bits per heavy atom. The Morgan fingerprint density at radius 3 is 2.45 bits per heavy atom. The van der Waals surface area contributed by atoms with E-state index in [1.54, 1.807) is 7.05 Å². The molecular formula is C16H31NO3. The van der Waals surface area contributed by atoms with Gasteiger partial charge in [0.15, 0.2) is 0 Å². The van der Waals surface area contributed by atoms with E-state index in [9.17, 15) is 4.79 Å². The molecule has 0 aliphatic heterocycles. The van der Waals surface area contributed by atoms with Gasteiger partial charge in [0, 0.05) is 6.61 Å². The lowest BCUT2D eigenvalue weighted by molar-refractivity contribution is -0.151. The number of ether oxygens (including phenoxy) is 2. The summed E-state index contributed by atoms with van der Waals surface area (Å²) in [7, 11) is 1.79. The summed E-state index contributed by atoms with van der Waals surface area (Å²) in [5, 5.41) is 3.06. The van der Waals surface area contributed by atoms with Gasteiger partial charge in [-0.15, -0.1) is 0 Å². The molecule has 0 heterocycles. The van der Waals surface area contributed by atoms with Crippen LogP contribution in [0.4, 0.5) is 0 Å². The molecular weight excluding hydrogens is 254 g/mol. The van der Waals surface area contributed by atoms with Gasteiger partial charge >= 0.3 is 5.97 Å². The molecule has 0 aromatic heterocycles. The quantitative estimate of drug-likeness (QED) is 0.731. The van der Waals surface area contributed by atoms with Gasteiger partial charge in [0.2, 0.25) is 0 Å². The van der Waals surface area contributed by atoms with Crippen LogP contribution in [0.2, 0.25) is 0 Å². The van der Waals surface area contributed by atoms with Crippen molar-refractivity contribution < 1.29 is 14.3 Å². The van der Waals surface area contributed by atoms with Gasteiger partial charge in [-0.3, -0.25) is 4.79 Å². The zero-order valence-corrected chi connectivity index (χ0v) is 13.8. The molecule has 4 nitrogen and oxygen atoms in total. The Balaban J connectivity index is 2.33. The van der Waals surface area contributed by atoms with Crippen LogP contribution in [0.15, 0.2) is 0 Å². The Kier molecular flexibility index (Phi) is 6.46. The lowest BCUT2D eigenvalue weighted by Gasteiger charge is -2.35. The predicted octanol–water partition coefficient (Wildman–Crippen LogP) is 2.90. The molecule has 1 saturated carbocycles. The van der Waals surface area contributed by atoms with E-state index in [1.807, 2.05) is 13.8 Å². The fraction of sp³-hybridized carbons (Fsp3) is 0.938. The number of esters is 1. The number of likely N-dealkylation sites (N-methyl/N-ethyl adjacent to an activating group) is 1. The second kappa shape index (κ2) is 7.41. The molecule has 0 spiro atoms. The summed E-state index contributed by atoms with van der Waals surface area (Å²) < 4.78 is 11.1. The van der Waals surface area contributed by atoms with Crippen molar-refractivity contribution in [3.8, 4) is 0 Å². The molecule has 0 amide bonds. The van der Waals surface area contributed by atoms with Crippen molar-refractivity contribution in [1.82, 2.24) is 5.32 Å². The van der Waals surface area contributed by atoms with Crippen LogP contribution in [0.3, 0.4) is 0 Å². The highest BCUT2D eigenvalue weighted by Crippen LogP contribution is 2.36. The molecule has 4 heteroatoms. The molecule has 118 valence electrons. The topological polar surface area (TPSA) is 47.6 Å². The van der Waals surface area contributed by atoms with E-state index >= 15 is 0 Å². The Bertz CT molecular complexity index is 307. The van der Waals surface area contributed by atoms with E-state index in [2.05, 4.69) is 19.2 Å². The summed E-state index contributed by atoms with van der Waals surface area (Å²) in [4.78, 5) is 11.9. The molecule has 0 radical (unpaired) electrons. The Labute approximate surface area is 123 Å². The molecule has 0 saturated heterocycles. The molecule has 1 atom stereocenters. The highest BCUT2D eigenvalue weighted by molar-refractivity contribution is 5.80. The molecule has 0 aromatic rings. The zero-order valence-electron chi connectivity index (χ0n) is 13.8. The van der Waals surface area contributed by atoms with Crippen LogP contribution in [0, 0.1) is 5.41 Å². The lowest BCUT2D eigenvalue weighted by atomic mass is 9.76. The maximum absolute atomic E-state index is 11.9. The molecule has 20 heavy (non-hydrogen) atoms. The molecule has 1 rings (SSSR count). The SMILES string of the molecule is CCOC(=O)C(C)(CCOC1CCC(C)(C)CC1)NC. The number of nitrogens with one attached hydrogen (secondary N) is 1. The first-order valence-corrected chi connectivity index (χ1v) is 7.81. The third-order valence-corrected chi connectivity index (χ3v) is 4.52. The third kappa shape index (κ3) is 5.06. The smallest absolute Gasteiger partial charge is 0.326 e. The van der Waals surface area contributed by atoms with Crippen molar-refractivity contribution in [1.29, 1.82) is 0 Å². The first-order valence-electron chi connectivity index (χ1n) is 7.81. The van der Waals surface area contributed by atoms with E-state index < -0.39 is 5.54 Å². The average molecular weight is 285 g/mol. The summed E-state index contributed by atoms with van der Waals surface area (Å²) in [6.45, 7) is 9.35. The minimum absolute atomic E-state index is 0.198. The second-order valence-corrected chi connectivity index (χ2v) is 6.79. The lowest BCUT2D eigenvalue weighted by Crippen LogP contribution is -2.49. The third-order valence-electron chi connectivity index (χ3n) is 4.52. The van der Waals surface area contributed by atoms with Crippen LogP contribution in [0.5, 0.6) is 0 Å². The van der Waals surface area contributed by atoms with E-state index in [0.29, 0.717) is 31.2 Å². The van der Waals surface area contributed by atoms with Crippen LogP contribution < -0.4 is 5.32 Å². The van der Waals surface area contributed by atoms with Gasteiger partial charge in [-0.25, -0.2) is 0 Å². The number of hydrogen-bond acceptors (Lipinski definition) is 4. The summed E-state index contributed by atoms with van der Waals surface area (Å²) in [5.41, 5.74) is -0.186. The minimum Gasteiger partial charge on any atom is -0.465 e. The van der Waals surface area contributed by atoms with Gasteiger partial charge in [0.1, 0.15) is 5.54 Å². The van der Waals surface area contributed by atoms with Crippen molar-refractivity contribution in [2.45, 2.75) is 71.4 Å². The van der Waals surface area contributed by atoms with E-state index in [4.69, 9.17) is 9.47 Å². The maximum Gasteiger partial charge on any atom is 0.326 e. The normalized spacial score (nSPS) is 22.2. The van der Waals surface area contributed by atoms with E-state index in [1.165, 1.54) is 12.8 Å². The first kappa shape index (κ1) is 17.4. The molecule has 1 aliphatic carbocycles. The predicted molar refractivity (Wildman–Crippen MR) is 80.7 cm³/mol. The van der Waals surface area contributed by atoms with Gasteiger partial charge in [-0.1, -0.05) is 13.8 Å². The zero-order chi connectivity index (χ0) is 15.2. The Morgan fingerprint density at radius 2 is 1.95 bits per heavy atom. The van der Waals surface area contributed by atoms with Gasteiger partial charge in [-0.05, 0) is 58.4 Å². The monoisotopic (exact) mass is 285 g/mol. The highest BCUT2D eigenvalue weighted by Gasteiger charge is 2.33. The number of rotatable bonds is 7. The fourth-order valence-electron chi connectivity index (χ4n) is 2.59. The molecule has 1 unspecified atom stereocenters. The minimum atomic E-state index is -0.649. The highest BCUT2D eigenvalue weighted by atomic mass is 16.5. The van der Waals surface area contributed by atoms with Gasteiger partial charge in [-0.2, -0.15) is 0 Å². The number of carbonyl (C=O) groups excluding carboxylic acids is 1. The van der Waals surface area contributed by atoms with Crippen molar-refractivity contribution in [2.75, 3.05) is 20.3 Å². The largest absolute Gasteiger partial charge is 0.465 e. The molecule has 0 aromatic carbocycles. The van der Waals surface area contributed by atoms with Crippen molar-refractivity contribution in [2.24, 2.45) is 5.41 Å². The van der Waals surface area contributed by atoms with Gasteiger partial charge in [0.05, 0.1) is 12.7 Å². The van der Waals surface area contributed by atoms with Gasteiger partial charge in [0.25, 0.3) is 0 Å². The molecule has 1 N–H and O–H groups in total. The molecule has 1 fully saturated rings. The van der Waals surface area contributed by atoms with Crippen LogP contribution in [0.1, 0.15) is 59.8 Å². The summed E-state index contributed by atoms with van der Waals surface area (Å²) in [6, 6.07) is 0. The summed E-state index contributed by atoms with van der Waals surface area (Å²) in [5.74, 6) is -0.198. The maximum atomic E-state index is 11.9. The van der Waals surface area contributed by atoms with Crippen molar-refractivity contribution in [3.63, 3.8) is 0 Å². The van der Waals surface area contributed by atoms with Crippen molar-refractivity contribution in [3.05, 3.63) is 0 Å². The average Bonchev–Trinajstić information content (AvgIpc) is 2.40. The van der Waals surface area contributed by atoms with Crippen LogP contribution in [-0.4, -0.2) is 37.9 Å². The summed E-state index contributed by atoms with van der Waals surface area (Å²) >= 11 is 0. The standard InChI is InChI=1S/C16H31NO3/c1-6-19-14(18)16(4,17-5)11-12-20-13-7-9-15(2,3)10-8-13/h13,17H,6-12H2,1-5H3. The number of carbonyl (C=O) groups is 1. The first-order chi connectivity index (χ1) is 9.33. The molecule has 1 aliphatic rings. The Hall–Kier alpha value is -0.610. The van der Waals surface area contributed by atoms with E-state index in [0.717, 1.165) is 12.8 Å². The van der Waals surface area contributed by atoms with Crippen LogP contribution >= 0.6 is 0 Å². The van der Waals surface area contributed by atoms with Crippen LogP contribution in [0.25, 0.3) is 0 Å². The van der Waals surface area contributed by atoms with Crippen molar-refractivity contribution >= 4 is 5.97 Å². The summed E-state index contributed by atoms with van der Waals surface area (Å²) in [6.07, 6.45) is 5.69. The molecule has 0 bridgehead atoms. The second-order valence-electron chi connectivity index (χ2n) is 6.79.